The van der Waals surface area contributed by atoms with Crippen molar-refractivity contribution in [2.24, 2.45) is 0 Å². The second-order valence-corrected chi connectivity index (χ2v) is 8.98. The fourth-order valence-electron chi connectivity index (χ4n) is 6.12. The van der Waals surface area contributed by atoms with Gasteiger partial charge in [-0.3, -0.25) is 0 Å². The Morgan fingerprint density at radius 1 is 0.516 bits per heavy atom. The van der Waals surface area contributed by atoms with Crippen LogP contribution in [0.15, 0.2) is 91.1 Å². The summed E-state index contributed by atoms with van der Waals surface area (Å²) in [5.41, 5.74) is 14.1. The molecule has 0 fully saturated rings. The Bertz CT molecular complexity index is 1730. The van der Waals surface area contributed by atoms with Crippen molar-refractivity contribution < 1.29 is 0 Å². The minimum absolute atomic E-state index is 1.03. The van der Waals surface area contributed by atoms with Crippen molar-refractivity contribution in [3.8, 4) is 22.3 Å². The van der Waals surface area contributed by atoms with E-state index in [2.05, 4.69) is 95.5 Å². The SMILES string of the molecule is c1ccc2c(c1)Cc1cc3c(cc1-2)-c1c(ccc2c4ccccc4n4cccc4c12)C3. The molecule has 2 aliphatic rings. The molecule has 1 heteroatoms. The zero-order valence-electron chi connectivity index (χ0n) is 17.0. The molecule has 6 aromatic rings. The molecule has 2 aromatic heterocycles. The molecule has 0 saturated heterocycles. The van der Waals surface area contributed by atoms with Crippen LogP contribution in [-0.2, 0) is 12.8 Å². The van der Waals surface area contributed by atoms with Crippen molar-refractivity contribution >= 4 is 27.2 Å². The summed E-state index contributed by atoms with van der Waals surface area (Å²) >= 11 is 0. The number of rotatable bonds is 0. The van der Waals surface area contributed by atoms with Crippen molar-refractivity contribution in [3.63, 3.8) is 0 Å². The van der Waals surface area contributed by atoms with Gasteiger partial charge in [-0.15, -0.1) is 0 Å². The highest BCUT2D eigenvalue weighted by Gasteiger charge is 2.27. The molecule has 0 bridgehead atoms. The number of pyridine rings is 1. The molecule has 2 aliphatic carbocycles. The number of hydrogen-bond donors (Lipinski definition) is 0. The van der Waals surface area contributed by atoms with Gasteiger partial charge in [0.1, 0.15) is 0 Å². The Labute approximate surface area is 180 Å². The molecule has 0 unspecified atom stereocenters. The van der Waals surface area contributed by atoms with Crippen molar-refractivity contribution in [2.45, 2.75) is 12.8 Å². The van der Waals surface area contributed by atoms with E-state index >= 15 is 0 Å². The predicted octanol–water partition coefficient (Wildman–Crippen LogP) is 7.39. The lowest BCUT2D eigenvalue weighted by Gasteiger charge is -2.14. The average Bonchev–Trinajstić information content (AvgIpc) is 3.52. The molecule has 0 amide bonds. The lowest BCUT2D eigenvalue weighted by molar-refractivity contribution is 1.21. The fourth-order valence-corrected chi connectivity index (χ4v) is 6.12. The monoisotopic (exact) mass is 393 g/mol. The van der Waals surface area contributed by atoms with Gasteiger partial charge in [-0.25, -0.2) is 0 Å². The maximum Gasteiger partial charge on any atom is 0.0541 e. The van der Waals surface area contributed by atoms with E-state index in [4.69, 9.17) is 0 Å². The molecule has 0 atom stereocenters. The first-order valence-corrected chi connectivity index (χ1v) is 11.0. The Hall–Kier alpha value is -3.84. The first-order chi connectivity index (χ1) is 15.4. The molecule has 144 valence electrons. The second-order valence-electron chi connectivity index (χ2n) is 8.98. The van der Waals surface area contributed by atoms with Gasteiger partial charge in [0.2, 0.25) is 0 Å². The van der Waals surface area contributed by atoms with Crippen LogP contribution in [0.5, 0.6) is 0 Å². The maximum absolute atomic E-state index is 2.48. The molecule has 2 heterocycles. The maximum atomic E-state index is 2.48. The van der Waals surface area contributed by atoms with Gasteiger partial charge in [0, 0.05) is 17.0 Å². The summed E-state index contributed by atoms with van der Waals surface area (Å²) in [6.45, 7) is 0. The molecule has 4 aromatic carbocycles. The smallest absolute Gasteiger partial charge is 0.0541 e. The van der Waals surface area contributed by atoms with E-state index in [1.807, 2.05) is 0 Å². The molecule has 0 N–H and O–H groups in total. The molecule has 0 radical (unpaired) electrons. The highest BCUT2D eigenvalue weighted by molar-refractivity contribution is 6.19. The molecular formula is C30H19N. The third-order valence-electron chi connectivity index (χ3n) is 7.42. The summed E-state index contributed by atoms with van der Waals surface area (Å²) < 4.78 is 2.36. The second kappa shape index (κ2) is 5.44. The average molecular weight is 393 g/mol. The van der Waals surface area contributed by atoms with E-state index in [0.29, 0.717) is 0 Å². The number of para-hydroxylation sites is 1. The Kier molecular flexibility index (Phi) is 2.80. The van der Waals surface area contributed by atoms with Gasteiger partial charge in [-0.05, 0) is 87.0 Å². The molecule has 0 aliphatic heterocycles. The van der Waals surface area contributed by atoms with E-state index in [0.717, 1.165) is 12.8 Å². The normalized spacial score (nSPS) is 13.5. The van der Waals surface area contributed by atoms with Gasteiger partial charge in [0.15, 0.2) is 0 Å². The summed E-state index contributed by atoms with van der Waals surface area (Å²) in [6.07, 6.45) is 4.29. The van der Waals surface area contributed by atoms with Crippen LogP contribution in [0.4, 0.5) is 0 Å². The van der Waals surface area contributed by atoms with Gasteiger partial charge in [0.05, 0.1) is 11.0 Å². The van der Waals surface area contributed by atoms with E-state index in [-0.39, 0.29) is 0 Å². The highest BCUT2D eigenvalue weighted by atomic mass is 14.9. The number of fused-ring (bicyclic) bond motifs is 13. The zero-order valence-corrected chi connectivity index (χ0v) is 17.0. The fraction of sp³-hybridized carbons (Fsp3) is 0.0667. The number of benzene rings is 4. The summed E-state index contributed by atoms with van der Waals surface area (Å²) in [7, 11) is 0. The number of nitrogens with zero attached hydrogens (tertiary/aromatic N) is 1. The Morgan fingerprint density at radius 2 is 1.32 bits per heavy atom. The van der Waals surface area contributed by atoms with E-state index in [1.54, 1.807) is 0 Å². The first-order valence-electron chi connectivity index (χ1n) is 11.0. The summed E-state index contributed by atoms with van der Waals surface area (Å²) in [5, 5.41) is 4.07. The van der Waals surface area contributed by atoms with Gasteiger partial charge >= 0.3 is 0 Å². The van der Waals surface area contributed by atoms with E-state index in [1.165, 1.54) is 71.7 Å². The van der Waals surface area contributed by atoms with Crippen LogP contribution >= 0.6 is 0 Å². The van der Waals surface area contributed by atoms with Crippen LogP contribution in [0.1, 0.15) is 22.3 Å². The molecule has 0 saturated carbocycles. The summed E-state index contributed by atoms with van der Waals surface area (Å²) in [6, 6.07) is 31.8. The zero-order chi connectivity index (χ0) is 20.1. The van der Waals surface area contributed by atoms with Gasteiger partial charge < -0.3 is 4.40 Å². The Morgan fingerprint density at radius 3 is 2.32 bits per heavy atom. The van der Waals surface area contributed by atoms with Gasteiger partial charge in [-0.2, -0.15) is 0 Å². The van der Waals surface area contributed by atoms with Crippen LogP contribution in [0.25, 0.3) is 49.4 Å². The van der Waals surface area contributed by atoms with Gasteiger partial charge in [0.25, 0.3) is 0 Å². The van der Waals surface area contributed by atoms with E-state index < -0.39 is 0 Å². The van der Waals surface area contributed by atoms with Crippen molar-refractivity contribution in [3.05, 3.63) is 113 Å². The Balaban J connectivity index is 1.53. The molecule has 31 heavy (non-hydrogen) atoms. The molecule has 1 nitrogen and oxygen atoms in total. The van der Waals surface area contributed by atoms with Crippen LogP contribution in [0, 0.1) is 0 Å². The first kappa shape index (κ1) is 15.9. The van der Waals surface area contributed by atoms with Crippen molar-refractivity contribution in [1.82, 2.24) is 4.40 Å². The summed E-state index contributed by atoms with van der Waals surface area (Å²) in [5.74, 6) is 0. The van der Waals surface area contributed by atoms with Crippen molar-refractivity contribution in [1.29, 1.82) is 0 Å². The molecule has 0 spiro atoms. The lowest BCUT2D eigenvalue weighted by Crippen LogP contribution is -1.92. The van der Waals surface area contributed by atoms with Gasteiger partial charge in [-0.1, -0.05) is 60.7 Å². The molecular weight excluding hydrogens is 374 g/mol. The van der Waals surface area contributed by atoms with Crippen LogP contribution in [0.2, 0.25) is 0 Å². The largest absolute Gasteiger partial charge is 0.316 e. The minimum Gasteiger partial charge on any atom is -0.316 e. The summed E-state index contributed by atoms with van der Waals surface area (Å²) in [4.78, 5) is 0. The van der Waals surface area contributed by atoms with Crippen LogP contribution in [-0.4, -0.2) is 4.40 Å². The topological polar surface area (TPSA) is 4.41 Å². The van der Waals surface area contributed by atoms with Crippen molar-refractivity contribution in [2.75, 3.05) is 0 Å². The predicted molar refractivity (Wildman–Crippen MR) is 129 cm³/mol. The minimum atomic E-state index is 1.03. The third-order valence-corrected chi connectivity index (χ3v) is 7.42. The molecule has 8 rings (SSSR count). The third kappa shape index (κ3) is 1.92. The standard InChI is InChI=1S/C30H19N/c1-2-7-22-18(6-1)14-20-16-21-15-19-11-12-24-23-8-3-4-9-27(23)31-13-5-10-28(31)30(24)29(19)26(21)17-25(20)22/h1-13,16-17H,14-15H2. The highest BCUT2D eigenvalue weighted by Crippen LogP contribution is 2.48. The van der Waals surface area contributed by atoms with Crippen LogP contribution < -0.4 is 0 Å². The van der Waals surface area contributed by atoms with E-state index in [9.17, 15) is 0 Å². The number of aromatic nitrogens is 1. The quantitative estimate of drug-likeness (QED) is 0.237. The van der Waals surface area contributed by atoms with Crippen LogP contribution in [0.3, 0.4) is 0 Å². The lowest BCUT2D eigenvalue weighted by atomic mass is 9.93. The number of hydrogen-bond acceptors (Lipinski definition) is 0.